The van der Waals surface area contributed by atoms with Gasteiger partial charge < -0.3 is 23.9 Å². The fourth-order valence-corrected chi connectivity index (χ4v) is 3.95. The summed E-state index contributed by atoms with van der Waals surface area (Å²) in [5, 5.41) is 3.60. The molecule has 0 saturated heterocycles. The van der Waals surface area contributed by atoms with Crippen molar-refractivity contribution in [3.05, 3.63) is 77.3 Å². The molecule has 0 atom stereocenters. The SMILES string of the molecule is COc1ccc(-c2coc3cc(OC)c(/C(C)=C/C(=O)Nc4ccc(Cl)cc4F)cc23)cc1OC. The summed E-state index contributed by atoms with van der Waals surface area (Å²) in [6.45, 7) is 1.78. The van der Waals surface area contributed by atoms with Gasteiger partial charge in [-0.25, -0.2) is 4.39 Å². The molecule has 1 N–H and O–H groups in total. The van der Waals surface area contributed by atoms with E-state index in [1.165, 1.54) is 18.2 Å². The molecule has 4 aromatic rings. The lowest BCUT2D eigenvalue weighted by molar-refractivity contribution is -0.111. The molecule has 1 amide bonds. The van der Waals surface area contributed by atoms with E-state index in [0.717, 1.165) is 22.6 Å². The summed E-state index contributed by atoms with van der Waals surface area (Å²) in [6, 6.07) is 13.3. The van der Waals surface area contributed by atoms with Gasteiger partial charge in [-0.15, -0.1) is 0 Å². The molecule has 1 heterocycles. The molecule has 0 aliphatic heterocycles. The molecular weight excluding hydrogens is 473 g/mol. The number of rotatable bonds is 7. The van der Waals surface area contributed by atoms with E-state index >= 15 is 0 Å². The van der Waals surface area contributed by atoms with Crippen LogP contribution in [0.1, 0.15) is 12.5 Å². The van der Waals surface area contributed by atoms with Crippen molar-refractivity contribution in [3.8, 4) is 28.4 Å². The lowest BCUT2D eigenvalue weighted by Crippen LogP contribution is -2.10. The van der Waals surface area contributed by atoms with Crippen LogP contribution in [0.25, 0.3) is 27.7 Å². The molecule has 0 aliphatic rings. The highest BCUT2D eigenvalue weighted by molar-refractivity contribution is 6.30. The Kier molecular flexibility index (Phi) is 6.98. The van der Waals surface area contributed by atoms with Gasteiger partial charge >= 0.3 is 0 Å². The van der Waals surface area contributed by atoms with Gasteiger partial charge in [0.2, 0.25) is 5.91 Å². The monoisotopic (exact) mass is 495 g/mol. The molecule has 6 nitrogen and oxygen atoms in total. The van der Waals surface area contributed by atoms with Crippen molar-refractivity contribution in [1.82, 2.24) is 0 Å². The summed E-state index contributed by atoms with van der Waals surface area (Å²) in [7, 11) is 4.70. The average molecular weight is 496 g/mol. The average Bonchev–Trinajstić information content (AvgIpc) is 3.27. The molecule has 0 spiro atoms. The summed E-state index contributed by atoms with van der Waals surface area (Å²) in [6.07, 6.45) is 3.04. The number of furan rings is 1. The van der Waals surface area contributed by atoms with E-state index in [1.54, 1.807) is 40.6 Å². The molecule has 0 fully saturated rings. The predicted octanol–water partition coefficient (Wildman–Crippen LogP) is 6.96. The molecule has 8 heteroatoms. The van der Waals surface area contributed by atoms with Crippen LogP contribution in [0.3, 0.4) is 0 Å². The van der Waals surface area contributed by atoms with Crippen LogP contribution in [0.4, 0.5) is 10.1 Å². The Hall–Kier alpha value is -3.97. The lowest BCUT2D eigenvalue weighted by atomic mass is 9.99. The van der Waals surface area contributed by atoms with E-state index in [4.69, 9.17) is 30.2 Å². The van der Waals surface area contributed by atoms with Crippen LogP contribution >= 0.6 is 11.6 Å². The maximum absolute atomic E-state index is 14.1. The zero-order valence-electron chi connectivity index (χ0n) is 19.6. The second-order valence-electron chi connectivity index (χ2n) is 7.71. The van der Waals surface area contributed by atoms with Crippen molar-refractivity contribution >= 4 is 39.7 Å². The van der Waals surface area contributed by atoms with Gasteiger partial charge in [-0.05, 0) is 54.5 Å². The van der Waals surface area contributed by atoms with Crippen molar-refractivity contribution in [2.45, 2.75) is 6.92 Å². The van der Waals surface area contributed by atoms with Crippen molar-refractivity contribution in [2.24, 2.45) is 0 Å². The quantitative estimate of drug-likeness (QED) is 0.281. The van der Waals surface area contributed by atoms with Crippen LogP contribution in [0, 0.1) is 5.82 Å². The summed E-state index contributed by atoms with van der Waals surface area (Å²) >= 11 is 5.78. The maximum Gasteiger partial charge on any atom is 0.248 e. The minimum atomic E-state index is -0.617. The third-order valence-electron chi connectivity index (χ3n) is 5.55. The minimum Gasteiger partial charge on any atom is -0.496 e. The molecule has 0 bridgehead atoms. The number of carbonyl (C=O) groups is 1. The second kappa shape index (κ2) is 10.1. The maximum atomic E-state index is 14.1. The van der Waals surface area contributed by atoms with E-state index in [2.05, 4.69) is 5.32 Å². The number of halogens is 2. The molecule has 0 aliphatic carbocycles. The van der Waals surface area contributed by atoms with Crippen LogP contribution in [-0.2, 0) is 4.79 Å². The molecule has 3 aromatic carbocycles. The number of hydrogen-bond acceptors (Lipinski definition) is 5. The van der Waals surface area contributed by atoms with Crippen molar-refractivity contribution in [1.29, 1.82) is 0 Å². The first-order valence-electron chi connectivity index (χ1n) is 10.6. The highest BCUT2D eigenvalue weighted by atomic mass is 35.5. The fraction of sp³-hybridized carbons (Fsp3) is 0.148. The van der Waals surface area contributed by atoms with Gasteiger partial charge in [-0.1, -0.05) is 17.7 Å². The van der Waals surface area contributed by atoms with E-state index in [9.17, 15) is 9.18 Å². The summed E-state index contributed by atoms with van der Waals surface area (Å²) < 4.78 is 36.2. The van der Waals surface area contributed by atoms with Crippen LogP contribution in [0.15, 0.2) is 65.3 Å². The smallest absolute Gasteiger partial charge is 0.248 e. The number of nitrogens with one attached hydrogen (secondary N) is 1. The van der Waals surface area contributed by atoms with Gasteiger partial charge in [0.05, 0.1) is 33.3 Å². The number of hydrogen-bond donors (Lipinski definition) is 1. The number of anilines is 1. The fourth-order valence-electron chi connectivity index (χ4n) is 3.79. The standard InChI is InChI=1S/C27H23ClFNO5/c1-15(9-27(31)30-22-7-6-17(28)11-21(22)29)18-12-19-20(14-35-25(19)13-24(18)33-3)16-5-8-23(32-2)26(10-16)34-4/h5-14H,1-4H3,(H,30,31)/b15-9+. The van der Waals surface area contributed by atoms with Gasteiger partial charge in [0.15, 0.2) is 11.5 Å². The Morgan fingerprint density at radius 3 is 2.40 bits per heavy atom. The molecule has 0 radical (unpaired) electrons. The number of carbonyl (C=O) groups excluding carboxylic acids is 1. The number of benzene rings is 3. The van der Waals surface area contributed by atoms with Crippen LogP contribution < -0.4 is 19.5 Å². The normalized spacial score (nSPS) is 11.4. The second-order valence-corrected chi connectivity index (χ2v) is 8.14. The Balaban J connectivity index is 1.72. The Labute approximate surface area is 206 Å². The molecule has 1 aromatic heterocycles. The van der Waals surface area contributed by atoms with Gasteiger partial charge in [0.25, 0.3) is 0 Å². The molecule has 0 unspecified atom stereocenters. The first-order chi connectivity index (χ1) is 16.8. The van der Waals surface area contributed by atoms with E-state index in [-0.39, 0.29) is 10.7 Å². The molecule has 35 heavy (non-hydrogen) atoms. The number of methoxy groups -OCH3 is 3. The Morgan fingerprint density at radius 1 is 0.971 bits per heavy atom. The summed E-state index contributed by atoms with van der Waals surface area (Å²) in [5.41, 5.74) is 3.68. The number of allylic oxidation sites excluding steroid dienone is 1. The van der Waals surface area contributed by atoms with Gasteiger partial charge in [-0.3, -0.25) is 4.79 Å². The third-order valence-corrected chi connectivity index (χ3v) is 5.79. The van der Waals surface area contributed by atoms with E-state index < -0.39 is 11.7 Å². The highest BCUT2D eigenvalue weighted by Crippen LogP contribution is 2.40. The lowest BCUT2D eigenvalue weighted by Gasteiger charge is -2.11. The molecular formula is C27H23ClFNO5. The first kappa shape index (κ1) is 24.2. The topological polar surface area (TPSA) is 69.9 Å². The third kappa shape index (κ3) is 4.95. The van der Waals surface area contributed by atoms with Crippen LogP contribution in [0.5, 0.6) is 17.2 Å². The zero-order valence-corrected chi connectivity index (χ0v) is 20.3. The number of ether oxygens (including phenoxy) is 3. The predicted molar refractivity (Wildman–Crippen MR) is 135 cm³/mol. The number of amides is 1. The minimum absolute atomic E-state index is 0.0384. The first-order valence-corrected chi connectivity index (χ1v) is 11.0. The summed E-state index contributed by atoms with van der Waals surface area (Å²) in [5.74, 6) is 0.639. The van der Waals surface area contributed by atoms with Gasteiger partial charge in [0, 0.05) is 33.7 Å². The summed E-state index contributed by atoms with van der Waals surface area (Å²) in [4.78, 5) is 12.6. The zero-order chi connectivity index (χ0) is 25.1. The van der Waals surface area contributed by atoms with Crippen molar-refractivity contribution in [3.63, 3.8) is 0 Å². The molecule has 0 saturated carbocycles. The molecule has 180 valence electrons. The van der Waals surface area contributed by atoms with Gasteiger partial charge in [-0.2, -0.15) is 0 Å². The highest BCUT2D eigenvalue weighted by Gasteiger charge is 2.16. The van der Waals surface area contributed by atoms with Crippen LogP contribution in [-0.4, -0.2) is 27.2 Å². The van der Waals surface area contributed by atoms with E-state index in [1.807, 2.05) is 24.3 Å². The van der Waals surface area contributed by atoms with Crippen LogP contribution in [0.2, 0.25) is 5.02 Å². The van der Waals surface area contributed by atoms with Crippen molar-refractivity contribution < 1.29 is 27.8 Å². The van der Waals surface area contributed by atoms with Crippen molar-refractivity contribution in [2.75, 3.05) is 26.6 Å². The largest absolute Gasteiger partial charge is 0.496 e. The van der Waals surface area contributed by atoms with Gasteiger partial charge in [0.1, 0.15) is 17.1 Å². The Morgan fingerprint density at radius 2 is 1.71 bits per heavy atom. The molecule has 4 rings (SSSR count). The Bertz CT molecular complexity index is 1440. The van der Waals surface area contributed by atoms with E-state index in [0.29, 0.717) is 34.0 Å². The number of fused-ring (bicyclic) bond motifs is 1.